The largest absolute Gasteiger partial charge is 0.391 e. The van der Waals surface area contributed by atoms with Gasteiger partial charge in [0.2, 0.25) is 10.0 Å². The lowest BCUT2D eigenvalue weighted by Crippen LogP contribution is -2.33. The standard InChI is InChI=1S/C13H18N2O4S/c1-20(18,19)15-11-6-4-10(5-7-11)13(17)14-8-12(16)9-2-3-9/h4-7,9,12,15-16H,2-3,8H2,1H3,(H,14,17). The maximum atomic E-state index is 11.8. The van der Waals surface area contributed by atoms with Crippen LogP contribution in [-0.4, -0.2) is 38.3 Å². The zero-order valence-corrected chi connectivity index (χ0v) is 12.0. The van der Waals surface area contributed by atoms with Crippen LogP contribution in [0.15, 0.2) is 24.3 Å². The average Bonchev–Trinajstić information content (AvgIpc) is 3.18. The summed E-state index contributed by atoms with van der Waals surface area (Å²) in [5.41, 5.74) is 0.828. The summed E-state index contributed by atoms with van der Waals surface area (Å²) in [6, 6.07) is 6.11. The minimum atomic E-state index is -3.32. The number of carbonyl (C=O) groups excluding carboxylic acids is 1. The van der Waals surface area contributed by atoms with Crippen LogP contribution in [0.5, 0.6) is 0 Å². The summed E-state index contributed by atoms with van der Waals surface area (Å²) in [6.45, 7) is 0.243. The lowest BCUT2D eigenvalue weighted by atomic mass is 10.2. The van der Waals surface area contributed by atoms with Gasteiger partial charge in [0.05, 0.1) is 12.4 Å². The Bertz CT molecular complexity index is 579. The topological polar surface area (TPSA) is 95.5 Å². The van der Waals surface area contributed by atoms with Crippen molar-refractivity contribution < 1.29 is 18.3 Å². The van der Waals surface area contributed by atoms with E-state index >= 15 is 0 Å². The zero-order chi connectivity index (χ0) is 14.8. The van der Waals surface area contributed by atoms with Crippen molar-refractivity contribution in [3.05, 3.63) is 29.8 Å². The number of hydrogen-bond donors (Lipinski definition) is 3. The van der Waals surface area contributed by atoms with Gasteiger partial charge in [-0.1, -0.05) is 0 Å². The predicted molar refractivity (Wildman–Crippen MR) is 76.0 cm³/mol. The highest BCUT2D eigenvalue weighted by molar-refractivity contribution is 7.92. The monoisotopic (exact) mass is 298 g/mol. The van der Waals surface area contributed by atoms with Crippen molar-refractivity contribution in [3.63, 3.8) is 0 Å². The Hall–Kier alpha value is -1.60. The maximum Gasteiger partial charge on any atom is 0.251 e. The number of benzene rings is 1. The van der Waals surface area contributed by atoms with Crippen LogP contribution < -0.4 is 10.0 Å². The van der Waals surface area contributed by atoms with Crippen molar-refractivity contribution in [1.29, 1.82) is 0 Å². The fourth-order valence-electron chi connectivity index (χ4n) is 1.85. The summed E-state index contributed by atoms with van der Waals surface area (Å²) in [5, 5.41) is 12.3. The third-order valence-electron chi connectivity index (χ3n) is 3.09. The van der Waals surface area contributed by atoms with Gasteiger partial charge in [-0.2, -0.15) is 0 Å². The second-order valence-electron chi connectivity index (χ2n) is 5.07. The lowest BCUT2D eigenvalue weighted by Gasteiger charge is -2.11. The fraction of sp³-hybridized carbons (Fsp3) is 0.462. The van der Waals surface area contributed by atoms with Crippen LogP contribution >= 0.6 is 0 Å². The number of aliphatic hydroxyl groups excluding tert-OH is 1. The smallest absolute Gasteiger partial charge is 0.251 e. The Morgan fingerprint density at radius 2 is 1.95 bits per heavy atom. The second-order valence-corrected chi connectivity index (χ2v) is 6.81. The SMILES string of the molecule is CS(=O)(=O)Nc1ccc(C(=O)NCC(O)C2CC2)cc1. The van der Waals surface area contributed by atoms with E-state index in [1.807, 2.05) is 0 Å². The number of anilines is 1. The van der Waals surface area contributed by atoms with E-state index in [0.717, 1.165) is 19.1 Å². The Morgan fingerprint density at radius 3 is 2.45 bits per heavy atom. The predicted octanol–water partition coefficient (Wildman–Crippen LogP) is 0.559. The molecule has 0 spiro atoms. The van der Waals surface area contributed by atoms with Gasteiger partial charge in [-0.05, 0) is 43.0 Å². The van der Waals surface area contributed by atoms with Gasteiger partial charge < -0.3 is 10.4 Å². The van der Waals surface area contributed by atoms with Crippen molar-refractivity contribution in [1.82, 2.24) is 5.32 Å². The molecule has 1 unspecified atom stereocenters. The molecule has 3 N–H and O–H groups in total. The van der Waals surface area contributed by atoms with E-state index < -0.39 is 16.1 Å². The Morgan fingerprint density at radius 1 is 1.35 bits per heavy atom. The quantitative estimate of drug-likeness (QED) is 0.715. The Kier molecular flexibility index (Phi) is 4.29. The molecule has 1 atom stereocenters. The molecule has 1 fully saturated rings. The maximum absolute atomic E-state index is 11.8. The first-order valence-electron chi connectivity index (χ1n) is 6.39. The third-order valence-corrected chi connectivity index (χ3v) is 3.69. The summed E-state index contributed by atoms with van der Waals surface area (Å²) >= 11 is 0. The summed E-state index contributed by atoms with van der Waals surface area (Å²) in [6.07, 6.45) is 2.61. The minimum Gasteiger partial charge on any atom is -0.391 e. The molecule has 2 rings (SSSR count). The van der Waals surface area contributed by atoms with E-state index in [9.17, 15) is 18.3 Å². The third kappa shape index (κ3) is 4.50. The number of carbonyl (C=O) groups is 1. The Balaban J connectivity index is 1.89. The number of amides is 1. The van der Waals surface area contributed by atoms with Gasteiger partial charge in [0.25, 0.3) is 5.91 Å². The van der Waals surface area contributed by atoms with Gasteiger partial charge >= 0.3 is 0 Å². The van der Waals surface area contributed by atoms with Crippen LogP contribution in [0.25, 0.3) is 0 Å². The number of nitrogens with one attached hydrogen (secondary N) is 2. The van der Waals surface area contributed by atoms with Crippen molar-refractivity contribution in [3.8, 4) is 0 Å². The highest BCUT2D eigenvalue weighted by atomic mass is 32.2. The van der Waals surface area contributed by atoms with Gasteiger partial charge in [0, 0.05) is 17.8 Å². The highest BCUT2D eigenvalue weighted by Crippen LogP contribution is 2.32. The van der Waals surface area contributed by atoms with E-state index in [2.05, 4.69) is 10.0 Å². The first-order valence-corrected chi connectivity index (χ1v) is 8.28. The highest BCUT2D eigenvalue weighted by Gasteiger charge is 2.29. The molecule has 0 bridgehead atoms. The van der Waals surface area contributed by atoms with Gasteiger partial charge in [0.15, 0.2) is 0 Å². The number of aliphatic hydroxyl groups is 1. The molecule has 1 saturated carbocycles. The molecular formula is C13H18N2O4S. The summed E-state index contributed by atoms with van der Waals surface area (Å²) in [5.74, 6) is 0.0345. The molecule has 1 aromatic carbocycles. The van der Waals surface area contributed by atoms with Crippen LogP contribution in [0.1, 0.15) is 23.2 Å². The molecule has 0 heterocycles. The van der Waals surface area contributed by atoms with Crippen LogP contribution in [0.2, 0.25) is 0 Å². The Labute approximate surface area is 118 Å². The fourth-order valence-corrected chi connectivity index (χ4v) is 2.41. The van der Waals surface area contributed by atoms with Crippen molar-refractivity contribution in [2.75, 3.05) is 17.5 Å². The molecule has 0 aromatic heterocycles. The van der Waals surface area contributed by atoms with Crippen molar-refractivity contribution in [2.45, 2.75) is 18.9 Å². The molecular weight excluding hydrogens is 280 g/mol. The second kappa shape index (κ2) is 5.80. The molecule has 0 saturated heterocycles. The van der Waals surface area contributed by atoms with E-state index in [4.69, 9.17) is 0 Å². The van der Waals surface area contributed by atoms with E-state index in [0.29, 0.717) is 17.2 Å². The zero-order valence-electron chi connectivity index (χ0n) is 11.2. The molecule has 0 aliphatic heterocycles. The van der Waals surface area contributed by atoms with Crippen LogP contribution in [0.3, 0.4) is 0 Å². The molecule has 1 aromatic rings. The van der Waals surface area contributed by atoms with Crippen LogP contribution in [-0.2, 0) is 10.0 Å². The van der Waals surface area contributed by atoms with E-state index in [1.54, 1.807) is 0 Å². The molecule has 1 aliphatic rings. The molecule has 20 heavy (non-hydrogen) atoms. The summed E-state index contributed by atoms with van der Waals surface area (Å²) in [7, 11) is -3.32. The van der Waals surface area contributed by atoms with Crippen LogP contribution in [0, 0.1) is 5.92 Å². The minimum absolute atomic E-state index is 0.243. The summed E-state index contributed by atoms with van der Waals surface area (Å²) < 4.78 is 24.4. The van der Waals surface area contributed by atoms with Gasteiger partial charge in [-0.15, -0.1) is 0 Å². The van der Waals surface area contributed by atoms with Gasteiger partial charge in [0.1, 0.15) is 0 Å². The number of sulfonamides is 1. The molecule has 1 amide bonds. The van der Waals surface area contributed by atoms with E-state index in [1.165, 1.54) is 24.3 Å². The lowest BCUT2D eigenvalue weighted by molar-refractivity contribution is 0.0901. The van der Waals surface area contributed by atoms with Crippen molar-refractivity contribution >= 4 is 21.6 Å². The van der Waals surface area contributed by atoms with Gasteiger partial charge in [-0.3, -0.25) is 9.52 Å². The average molecular weight is 298 g/mol. The normalized spacial score (nSPS) is 16.5. The number of hydrogen-bond acceptors (Lipinski definition) is 4. The first kappa shape index (κ1) is 14.8. The summed E-state index contributed by atoms with van der Waals surface area (Å²) in [4.78, 5) is 11.8. The van der Waals surface area contributed by atoms with Gasteiger partial charge in [-0.25, -0.2) is 8.42 Å². The molecule has 6 nitrogen and oxygen atoms in total. The molecule has 0 radical (unpaired) electrons. The molecule has 7 heteroatoms. The van der Waals surface area contributed by atoms with Crippen molar-refractivity contribution in [2.24, 2.45) is 5.92 Å². The van der Waals surface area contributed by atoms with Crippen LogP contribution in [0.4, 0.5) is 5.69 Å². The molecule has 1 aliphatic carbocycles. The van der Waals surface area contributed by atoms with E-state index in [-0.39, 0.29) is 12.5 Å². The first-order chi connectivity index (χ1) is 9.35. The molecule has 110 valence electrons. The number of rotatable bonds is 6.